The average Bonchev–Trinajstić information content (AvgIpc) is 2.51. The molecule has 1 N–H and O–H groups in total. The smallest absolute Gasteiger partial charge is 0.307 e. The van der Waals surface area contributed by atoms with Crippen molar-refractivity contribution in [3.05, 3.63) is 34.6 Å². The first-order valence-corrected chi connectivity index (χ1v) is 14.4. The quantitative estimate of drug-likeness (QED) is 0.159. The topological polar surface area (TPSA) is 70.1 Å². The van der Waals surface area contributed by atoms with Gasteiger partial charge in [-0.1, -0.05) is 38.4 Å². The van der Waals surface area contributed by atoms with E-state index in [1.807, 2.05) is 0 Å². The number of nitrogens with zero attached hydrogens (tertiary/aromatic N) is 2. The lowest BCUT2D eigenvalue weighted by atomic mass is 10.0. The van der Waals surface area contributed by atoms with E-state index in [4.69, 9.17) is 4.55 Å². The third-order valence-corrected chi connectivity index (χ3v) is 8.58. The summed E-state index contributed by atoms with van der Waals surface area (Å²) in [5.41, 5.74) is 6.08. The van der Waals surface area contributed by atoms with Crippen LogP contribution in [0.4, 0.5) is 0 Å². The van der Waals surface area contributed by atoms with Crippen molar-refractivity contribution in [2.45, 2.75) is 44.8 Å². The fraction of sp³-hybridized carbons (Fsp3) is 0.700. The van der Waals surface area contributed by atoms with Gasteiger partial charge in [-0.25, -0.2) is 4.18 Å². The van der Waals surface area contributed by atoms with E-state index in [0.717, 1.165) is 32.4 Å². The van der Waals surface area contributed by atoms with Gasteiger partial charge in [-0.05, 0) is 34.6 Å². The minimum absolute atomic E-state index is 0.0516. The van der Waals surface area contributed by atoms with E-state index in [1.165, 1.54) is 22.4 Å². The van der Waals surface area contributed by atoms with E-state index in [0.29, 0.717) is 6.42 Å². The van der Waals surface area contributed by atoms with Crippen LogP contribution in [0.25, 0.3) is 0 Å². The van der Waals surface area contributed by atoms with E-state index in [2.05, 4.69) is 73.5 Å². The van der Waals surface area contributed by atoms with Crippen LogP contribution < -0.4 is 0 Å². The minimum Gasteiger partial charge on any atom is -0.307 e. The highest BCUT2D eigenvalue weighted by Gasteiger charge is 2.23. The molecule has 1 rings (SSSR count). The lowest BCUT2D eigenvalue weighted by Crippen LogP contribution is -2.32. The number of likely N-dealkylation sites (N-methyl/N-ethyl adjacent to an activating group) is 2. The summed E-state index contributed by atoms with van der Waals surface area (Å²) in [6, 6.07) is 1.19. The fourth-order valence-corrected chi connectivity index (χ4v) is 6.15. The number of unbranched alkanes of at least 4 members (excludes halogenated alkanes) is 3. The van der Waals surface area contributed by atoms with Crippen LogP contribution in [0.15, 0.2) is 28.1 Å². The molecule has 0 atom stereocenters. The molecule has 0 aliphatic heterocycles. The van der Waals surface area contributed by atoms with Crippen LogP contribution in [0.5, 0.6) is 0 Å². The maximum absolute atomic E-state index is 10.5. The van der Waals surface area contributed by atoms with Crippen LogP contribution in [0, 0.1) is 6.42 Å². The molecular formula is C20H37N2O4SSi-. The molecule has 0 radical (unpaired) electrons. The molecule has 0 fully saturated rings. The van der Waals surface area contributed by atoms with Crippen LogP contribution in [-0.2, 0) is 14.6 Å². The fourth-order valence-electron chi connectivity index (χ4n) is 3.27. The van der Waals surface area contributed by atoms with Crippen LogP contribution >= 0.6 is 0 Å². The summed E-state index contributed by atoms with van der Waals surface area (Å²) in [5.74, 6) is 0. The molecule has 28 heavy (non-hydrogen) atoms. The summed E-state index contributed by atoms with van der Waals surface area (Å²) in [6.07, 6.45) is 8.38. The summed E-state index contributed by atoms with van der Waals surface area (Å²) >= 11 is 0. The van der Waals surface area contributed by atoms with Crippen molar-refractivity contribution in [2.24, 2.45) is 0 Å². The second-order valence-corrected chi connectivity index (χ2v) is 14.6. The largest absolute Gasteiger partial charge is 0.397 e. The second-order valence-electron chi connectivity index (χ2n) is 8.69. The lowest BCUT2D eigenvalue weighted by Gasteiger charge is -2.36. The number of allylic oxidation sites excluding steroid dienone is 1. The highest BCUT2D eigenvalue weighted by molar-refractivity contribution is 7.80. The molecule has 0 amide bonds. The standard InChI is InChI=1S/C20H37N2O4SSi/c1-21(2)16-18-13-19(17-22(3)4)15-20(14-18)28(5,6)12-10-8-7-9-11-26-27(23,24)25/h14-15H,7-12,16-17H2,1-6H3,(H,23,24,25)/q-1. The van der Waals surface area contributed by atoms with Gasteiger partial charge in [0.05, 0.1) is 14.7 Å². The van der Waals surface area contributed by atoms with Crippen molar-refractivity contribution in [2.75, 3.05) is 47.9 Å². The maximum atomic E-state index is 10.5. The normalized spacial score (nSPS) is 15.4. The van der Waals surface area contributed by atoms with Gasteiger partial charge in [0.1, 0.15) is 0 Å². The summed E-state index contributed by atoms with van der Waals surface area (Å²) < 4.78 is 34.0. The molecule has 162 valence electrons. The third kappa shape index (κ3) is 10.6. The molecule has 8 heteroatoms. The van der Waals surface area contributed by atoms with Gasteiger partial charge in [0.2, 0.25) is 0 Å². The first-order valence-electron chi connectivity index (χ1n) is 9.86. The molecule has 6 nitrogen and oxygen atoms in total. The molecule has 0 bridgehead atoms. The lowest BCUT2D eigenvalue weighted by molar-refractivity contribution is 0.261. The Balaban J connectivity index is 2.59. The predicted molar refractivity (Wildman–Crippen MR) is 118 cm³/mol. The molecular weight excluding hydrogens is 392 g/mol. The zero-order valence-electron chi connectivity index (χ0n) is 18.3. The van der Waals surface area contributed by atoms with Gasteiger partial charge in [0.15, 0.2) is 0 Å². The zero-order valence-corrected chi connectivity index (χ0v) is 20.1. The Morgan fingerprint density at radius 2 is 1.68 bits per heavy atom. The van der Waals surface area contributed by atoms with Crippen LogP contribution in [0.2, 0.25) is 19.1 Å². The number of hydrogen-bond acceptors (Lipinski definition) is 5. The first-order chi connectivity index (χ1) is 12.9. The summed E-state index contributed by atoms with van der Waals surface area (Å²) in [4.78, 5) is 4.36. The Bertz CT molecular complexity index is 706. The molecule has 0 aromatic rings. The van der Waals surface area contributed by atoms with Crippen LogP contribution in [-0.4, -0.2) is 78.7 Å². The third-order valence-electron chi connectivity index (χ3n) is 4.66. The molecule has 1 aliphatic carbocycles. The van der Waals surface area contributed by atoms with Crippen molar-refractivity contribution in [1.82, 2.24) is 9.80 Å². The Morgan fingerprint density at radius 3 is 2.25 bits per heavy atom. The molecule has 0 heterocycles. The van der Waals surface area contributed by atoms with Gasteiger partial charge in [-0.3, -0.25) is 10.3 Å². The summed E-state index contributed by atoms with van der Waals surface area (Å²) in [7, 11) is 2.46. The molecule has 0 aromatic heterocycles. The van der Waals surface area contributed by atoms with E-state index < -0.39 is 18.5 Å². The summed E-state index contributed by atoms with van der Waals surface area (Å²) in [6.45, 7) is 6.68. The van der Waals surface area contributed by atoms with Crippen molar-refractivity contribution in [3.63, 3.8) is 0 Å². The van der Waals surface area contributed by atoms with Crippen LogP contribution in [0.1, 0.15) is 25.7 Å². The van der Waals surface area contributed by atoms with Gasteiger partial charge in [0, 0.05) is 13.1 Å². The van der Waals surface area contributed by atoms with Crippen LogP contribution in [0.3, 0.4) is 0 Å². The zero-order chi connectivity index (χ0) is 21.4. The Morgan fingerprint density at radius 1 is 1.07 bits per heavy atom. The number of rotatable bonds is 13. The molecule has 0 saturated heterocycles. The summed E-state index contributed by atoms with van der Waals surface area (Å²) in [5, 5.41) is 1.48. The average molecular weight is 430 g/mol. The highest BCUT2D eigenvalue weighted by atomic mass is 32.3. The Kier molecular flexibility index (Phi) is 10.2. The van der Waals surface area contributed by atoms with Crippen molar-refractivity contribution < 1.29 is 17.2 Å². The predicted octanol–water partition coefficient (Wildman–Crippen LogP) is 3.33. The molecule has 0 aromatic carbocycles. The Hall–Kier alpha value is -0.863. The highest BCUT2D eigenvalue weighted by Crippen LogP contribution is 2.30. The maximum Gasteiger partial charge on any atom is 0.397 e. The molecule has 1 aliphatic rings. The van der Waals surface area contributed by atoms with E-state index in [-0.39, 0.29) is 6.61 Å². The van der Waals surface area contributed by atoms with Gasteiger partial charge < -0.3 is 9.80 Å². The van der Waals surface area contributed by atoms with E-state index >= 15 is 0 Å². The second kappa shape index (κ2) is 11.4. The SMILES string of the molecule is CN(C)CC1=C=C(CN(C)C)[CH-]C([Si](C)(C)CCCCCCOS(=O)(=O)O)=C1. The van der Waals surface area contributed by atoms with Gasteiger partial charge >= 0.3 is 10.4 Å². The Labute approximate surface area is 172 Å². The van der Waals surface area contributed by atoms with Gasteiger partial charge in [0.25, 0.3) is 0 Å². The first kappa shape index (κ1) is 25.2. The van der Waals surface area contributed by atoms with Crippen molar-refractivity contribution in [3.8, 4) is 0 Å². The monoisotopic (exact) mass is 429 g/mol. The number of hydrogen-bond donors (Lipinski definition) is 1. The van der Waals surface area contributed by atoms with Gasteiger partial charge in [-0.15, -0.1) is 11.1 Å². The van der Waals surface area contributed by atoms with E-state index in [1.54, 1.807) is 0 Å². The van der Waals surface area contributed by atoms with E-state index in [9.17, 15) is 8.42 Å². The van der Waals surface area contributed by atoms with Crippen molar-refractivity contribution in [1.29, 1.82) is 0 Å². The molecule has 0 spiro atoms. The van der Waals surface area contributed by atoms with Crippen molar-refractivity contribution >= 4 is 18.5 Å². The minimum atomic E-state index is -4.30. The molecule has 0 unspecified atom stereocenters. The van der Waals surface area contributed by atoms with Gasteiger partial charge in [-0.2, -0.15) is 26.1 Å². The molecule has 0 saturated carbocycles.